The lowest BCUT2D eigenvalue weighted by molar-refractivity contribution is -0.121. The first-order valence-electron chi connectivity index (χ1n) is 4.93. The van der Waals surface area contributed by atoms with Gasteiger partial charge < -0.3 is 5.11 Å². The maximum Gasteiger partial charge on any atom is 0.151 e. The first-order chi connectivity index (χ1) is 6.06. The molecule has 1 aliphatic rings. The molecule has 0 aromatic carbocycles. The van der Waals surface area contributed by atoms with Gasteiger partial charge in [-0.3, -0.25) is 4.79 Å². The maximum absolute atomic E-state index is 11.7. The van der Waals surface area contributed by atoms with Crippen LogP contribution in [0.2, 0.25) is 0 Å². The Kier molecular flexibility index (Phi) is 3.80. The van der Waals surface area contributed by atoms with E-state index in [4.69, 9.17) is 0 Å². The van der Waals surface area contributed by atoms with Crippen LogP contribution in [-0.2, 0) is 4.79 Å². The zero-order chi connectivity index (χ0) is 10.0. The molecule has 0 aromatic rings. The molecule has 3 atom stereocenters. The van der Waals surface area contributed by atoms with Gasteiger partial charge in [-0.15, -0.1) is 11.8 Å². The van der Waals surface area contributed by atoms with E-state index in [0.717, 1.165) is 6.42 Å². The Morgan fingerprint density at radius 3 is 2.62 bits per heavy atom. The summed E-state index contributed by atoms with van der Waals surface area (Å²) in [4.78, 5) is 11.7. The van der Waals surface area contributed by atoms with Crippen molar-refractivity contribution in [2.75, 3.05) is 0 Å². The Hall–Kier alpha value is -0.0200. The van der Waals surface area contributed by atoms with E-state index in [1.165, 1.54) is 0 Å². The minimum atomic E-state index is -0.395. The molecule has 2 nitrogen and oxygen atoms in total. The van der Waals surface area contributed by atoms with Gasteiger partial charge in [-0.05, 0) is 18.1 Å². The Bertz CT molecular complexity index is 191. The summed E-state index contributed by atoms with van der Waals surface area (Å²) in [6, 6.07) is 0. The second-order valence-corrected chi connectivity index (χ2v) is 5.68. The Balaban J connectivity index is 2.57. The van der Waals surface area contributed by atoms with Crippen LogP contribution in [0, 0.1) is 5.92 Å². The molecular formula is C10H18O2S. The summed E-state index contributed by atoms with van der Waals surface area (Å²) in [7, 11) is 0. The number of Topliss-reactive ketones (excluding diaryl/α,β-unsaturated/α-hetero) is 1. The highest BCUT2D eigenvalue weighted by molar-refractivity contribution is 8.01. The van der Waals surface area contributed by atoms with Gasteiger partial charge in [0.1, 0.15) is 0 Å². The highest BCUT2D eigenvalue weighted by Crippen LogP contribution is 2.34. The Morgan fingerprint density at radius 2 is 2.23 bits per heavy atom. The summed E-state index contributed by atoms with van der Waals surface area (Å²) < 4.78 is 0. The van der Waals surface area contributed by atoms with Gasteiger partial charge in [-0.2, -0.15) is 0 Å². The third-order valence-electron chi connectivity index (χ3n) is 2.48. The molecule has 0 spiro atoms. The zero-order valence-electron chi connectivity index (χ0n) is 8.49. The summed E-state index contributed by atoms with van der Waals surface area (Å²) in [6.07, 6.45) is 1.03. The van der Waals surface area contributed by atoms with E-state index in [1.54, 1.807) is 11.8 Å². The van der Waals surface area contributed by atoms with Gasteiger partial charge in [0.25, 0.3) is 0 Å². The minimum absolute atomic E-state index is 0.0416. The average Bonchev–Trinajstić information content (AvgIpc) is 2.26. The van der Waals surface area contributed by atoms with Crippen molar-refractivity contribution >= 4 is 17.5 Å². The van der Waals surface area contributed by atoms with Crippen LogP contribution in [0.25, 0.3) is 0 Å². The average molecular weight is 202 g/mol. The lowest BCUT2D eigenvalue weighted by atomic mass is 10.0. The van der Waals surface area contributed by atoms with Crippen molar-refractivity contribution in [3.63, 3.8) is 0 Å². The van der Waals surface area contributed by atoms with Gasteiger partial charge in [0.15, 0.2) is 5.78 Å². The van der Waals surface area contributed by atoms with Gasteiger partial charge in [-0.25, -0.2) is 0 Å². The molecule has 0 saturated heterocycles. The number of rotatable bonds is 3. The second kappa shape index (κ2) is 4.47. The van der Waals surface area contributed by atoms with E-state index in [-0.39, 0.29) is 17.0 Å². The molecule has 0 bridgehead atoms. The monoisotopic (exact) mass is 202 g/mol. The van der Waals surface area contributed by atoms with E-state index in [1.807, 2.05) is 6.92 Å². The molecular weight excluding hydrogens is 184 g/mol. The molecule has 1 fully saturated rings. The van der Waals surface area contributed by atoms with Crippen molar-refractivity contribution in [1.29, 1.82) is 0 Å². The van der Waals surface area contributed by atoms with E-state index >= 15 is 0 Å². The van der Waals surface area contributed by atoms with Crippen molar-refractivity contribution in [2.24, 2.45) is 5.92 Å². The number of aliphatic hydroxyl groups excluding tert-OH is 1. The molecule has 1 rings (SSSR count). The van der Waals surface area contributed by atoms with Crippen molar-refractivity contribution in [3.05, 3.63) is 0 Å². The molecule has 1 N–H and O–H groups in total. The number of thioether (sulfide) groups is 1. The summed E-state index contributed by atoms with van der Waals surface area (Å²) in [5, 5.41) is 10.1. The lowest BCUT2D eigenvalue weighted by Gasteiger charge is -2.10. The molecule has 1 saturated carbocycles. The fourth-order valence-electron chi connectivity index (χ4n) is 1.85. The Morgan fingerprint density at radius 1 is 1.62 bits per heavy atom. The Labute approximate surface area is 84.1 Å². The van der Waals surface area contributed by atoms with E-state index < -0.39 is 6.10 Å². The molecule has 0 amide bonds. The summed E-state index contributed by atoms with van der Waals surface area (Å²) >= 11 is 1.68. The van der Waals surface area contributed by atoms with Crippen LogP contribution in [-0.4, -0.2) is 27.5 Å². The second-order valence-electron chi connectivity index (χ2n) is 3.89. The predicted molar refractivity (Wildman–Crippen MR) is 55.9 cm³/mol. The van der Waals surface area contributed by atoms with Gasteiger partial charge in [0.05, 0.1) is 11.4 Å². The minimum Gasteiger partial charge on any atom is -0.392 e. The van der Waals surface area contributed by atoms with E-state index in [9.17, 15) is 9.90 Å². The molecule has 0 aromatic heterocycles. The van der Waals surface area contributed by atoms with E-state index in [0.29, 0.717) is 11.7 Å². The lowest BCUT2D eigenvalue weighted by Crippen LogP contribution is -2.20. The predicted octanol–water partition coefficient (Wildman–Crippen LogP) is 1.86. The number of hydrogen-bond acceptors (Lipinski definition) is 3. The van der Waals surface area contributed by atoms with Crippen LogP contribution in [0.5, 0.6) is 0 Å². The fourth-order valence-corrected chi connectivity index (χ4v) is 3.13. The molecule has 13 heavy (non-hydrogen) atoms. The third-order valence-corrected chi connectivity index (χ3v) is 3.78. The number of aliphatic hydroxyl groups is 1. The zero-order valence-corrected chi connectivity index (χ0v) is 9.30. The largest absolute Gasteiger partial charge is 0.392 e. The van der Waals surface area contributed by atoms with Crippen molar-refractivity contribution < 1.29 is 9.90 Å². The van der Waals surface area contributed by atoms with Crippen LogP contribution in [0.3, 0.4) is 0 Å². The highest BCUT2D eigenvalue weighted by Gasteiger charge is 2.40. The summed E-state index contributed by atoms with van der Waals surface area (Å²) in [5.74, 6) is 0.157. The van der Waals surface area contributed by atoms with Crippen molar-refractivity contribution in [2.45, 2.75) is 50.2 Å². The molecule has 76 valence electrons. The number of carbonyl (C=O) groups is 1. The molecule has 3 unspecified atom stereocenters. The van der Waals surface area contributed by atoms with Crippen LogP contribution >= 0.6 is 11.8 Å². The number of carbonyl (C=O) groups excluding carboxylic acids is 1. The van der Waals surface area contributed by atoms with Crippen LogP contribution in [0.15, 0.2) is 0 Å². The van der Waals surface area contributed by atoms with E-state index in [2.05, 4.69) is 13.8 Å². The maximum atomic E-state index is 11.7. The quantitative estimate of drug-likeness (QED) is 0.759. The summed E-state index contributed by atoms with van der Waals surface area (Å²) in [5.41, 5.74) is 0. The smallest absolute Gasteiger partial charge is 0.151 e. The SMILES string of the molecule is CCC1C(=O)C(SC(C)C)CC1O. The van der Waals surface area contributed by atoms with Crippen LogP contribution < -0.4 is 0 Å². The van der Waals surface area contributed by atoms with Crippen molar-refractivity contribution in [1.82, 2.24) is 0 Å². The topological polar surface area (TPSA) is 37.3 Å². The molecule has 3 heteroatoms. The molecule has 0 heterocycles. The normalized spacial score (nSPS) is 34.5. The first-order valence-corrected chi connectivity index (χ1v) is 5.87. The standard InChI is InChI=1S/C10H18O2S/c1-4-7-8(11)5-9(10(7)12)13-6(2)3/h6-9,11H,4-5H2,1-3H3. The molecule has 1 aliphatic carbocycles. The van der Waals surface area contributed by atoms with Gasteiger partial charge in [0, 0.05) is 5.92 Å². The van der Waals surface area contributed by atoms with Gasteiger partial charge >= 0.3 is 0 Å². The molecule has 0 aliphatic heterocycles. The van der Waals surface area contributed by atoms with Crippen molar-refractivity contribution in [3.8, 4) is 0 Å². The summed E-state index contributed by atoms with van der Waals surface area (Å²) in [6.45, 7) is 6.14. The van der Waals surface area contributed by atoms with Gasteiger partial charge in [0.2, 0.25) is 0 Å². The molecule has 0 radical (unpaired) electrons. The van der Waals surface area contributed by atoms with Gasteiger partial charge in [-0.1, -0.05) is 20.8 Å². The number of ketones is 1. The fraction of sp³-hybridized carbons (Fsp3) is 0.900. The first kappa shape index (κ1) is 11.1. The number of hydrogen-bond donors (Lipinski definition) is 1. The highest BCUT2D eigenvalue weighted by atomic mass is 32.2. The van der Waals surface area contributed by atoms with Crippen LogP contribution in [0.4, 0.5) is 0 Å². The third kappa shape index (κ3) is 2.47. The van der Waals surface area contributed by atoms with Crippen LogP contribution in [0.1, 0.15) is 33.6 Å².